The summed E-state index contributed by atoms with van der Waals surface area (Å²) in [4.78, 5) is 134. The first-order valence-corrected chi connectivity index (χ1v) is 42.2. The smallest absolute Gasteiger partial charge is 0.258 e. The number of Topliss-reactive ketones (excluding diaryl/α,β-unsaturated/α-hetero) is 1. The molecule has 2 saturated heterocycles. The molecule has 10 rings (SSSR count). The molecule has 0 bridgehead atoms. The lowest BCUT2D eigenvalue weighted by atomic mass is 9.85. The van der Waals surface area contributed by atoms with Crippen LogP contribution in [0.15, 0.2) is 89.9 Å². The molecule has 630 valence electrons. The minimum absolute atomic E-state index is 0.0148. The van der Waals surface area contributed by atoms with Crippen molar-refractivity contribution < 1.29 is 80.1 Å². The standard InChI is InChI=1S/C50H60F4IN7O7S.C33H47FN6O5S/c1-29-44(70-28-58-29)31-11-9-30(10-12-31)38(60-46(66)39-24-33(63)26-62(39)47(67)45(49(2,3)4)61-48(68)50(54)17-18-50)25-41(65)57-21-7-5-6-19-56-20-8-22-69-27-40(64)34-14-15-35(51)42(53)43(34)59-37-16-13-32(55)23-36(37)52;1-20-27(46-19-37-20)22-10-8-21(9-11-22)24(17-26(42)36-15-7-5-6-14-35)38-29(43)25-16-23(41)18-40(25)30(44)28(32(2,3)4)39-31(45)33(34)12-13-33/h9-16,23,28,33,38-39,45,56,59,63H,5-8,17-22,24-27H2,1-4H3,(H,57,65)(H,60,66)(H,61,68);8-11,19,23-25,28,41H,5-7,12-18,35H2,1-4H3,(H,36,42)(H,38,43)(H,39,45)/t33-,38+,39+,45?;23-,24+,25+,28?/m11/s1. The normalized spacial score (nSPS) is 18.3. The van der Waals surface area contributed by atoms with E-state index in [-0.39, 0.29) is 101 Å². The van der Waals surface area contributed by atoms with Gasteiger partial charge in [-0.2, -0.15) is 0 Å². The highest BCUT2D eigenvalue weighted by Crippen LogP contribution is 2.43. The number of carbonyl (C=O) groups excluding carboxylic acids is 9. The number of carbonyl (C=O) groups is 9. The van der Waals surface area contributed by atoms with E-state index in [4.69, 9.17) is 10.5 Å². The number of unbranched alkanes of at least 4 members (excludes halogenated alkanes) is 4. The molecule has 2 aromatic heterocycles. The Morgan fingerprint density at radius 2 is 1.04 bits per heavy atom. The number of ether oxygens (including phenoxy) is 1. The van der Waals surface area contributed by atoms with Gasteiger partial charge in [0, 0.05) is 54.8 Å². The molecule has 2 aliphatic heterocycles. The zero-order valence-electron chi connectivity index (χ0n) is 66.7. The van der Waals surface area contributed by atoms with Gasteiger partial charge < -0.3 is 73.0 Å². The Balaban J connectivity index is 0.000000289. The third kappa shape index (κ3) is 25.3. The zero-order valence-corrected chi connectivity index (χ0v) is 70.5. The first-order valence-electron chi connectivity index (χ1n) is 39.3. The minimum atomic E-state index is -2.02. The fourth-order valence-electron chi connectivity index (χ4n) is 13.6. The van der Waals surface area contributed by atoms with Crippen LogP contribution in [0.4, 0.5) is 33.3 Å². The fraction of sp³-hybridized carbons (Fsp3) is 0.530. The van der Waals surface area contributed by atoms with E-state index in [2.05, 4.69) is 52.5 Å². The van der Waals surface area contributed by atoms with Crippen molar-refractivity contribution in [3.8, 4) is 20.9 Å². The molecule has 0 spiro atoms. The number of anilines is 2. The number of nitrogens with one attached hydrogen (secondary N) is 8. The third-order valence-corrected chi connectivity index (χ3v) is 23.4. The summed E-state index contributed by atoms with van der Waals surface area (Å²) in [7, 11) is 0. The van der Waals surface area contributed by atoms with E-state index >= 15 is 0 Å². The minimum Gasteiger partial charge on any atom is -0.391 e. The Kier molecular flexibility index (Phi) is 32.6. The van der Waals surface area contributed by atoms with Gasteiger partial charge in [0.25, 0.3) is 11.8 Å². The van der Waals surface area contributed by atoms with E-state index in [1.807, 2.05) is 85.0 Å². The Morgan fingerprint density at radius 1 is 0.595 bits per heavy atom. The van der Waals surface area contributed by atoms with Gasteiger partial charge in [0.2, 0.25) is 35.4 Å². The van der Waals surface area contributed by atoms with Crippen molar-refractivity contribution in [2.45, 2.75) is 211 Å². The summed E-state index contributed by atoms with van der Waals surface area (Å²) in [6.45, 7) is 16.6. The average molecular weight is 1760 g/mol. The van der Waals surface area contributed by atoms with Crippen molar-refractivity contribution in [3.63, 3.8) is 0 Å². The van der Waals surface area contributed by atoms with Crippen molar-refractivity contribution in [1.82, 2.24) is 57.0 Å². The van der Waals surface area contributed by atoms with Crippen LogP contribution in [-0.4, -0.2) is 190 Å². The molecule has 4 fully saturated rings. The number of aliphatic hydroxyl groups is 2. The maximum Gasteiger partial charge on any atom is 0.258 e. The second kappa shape index (κ2) is 41.3. The van der Waals surface area contributed by atoms with Crippen molar-refractivity contribution >= 4 is 110 Å². The number of thiazole rings is 2. The summed E-state index contributed by atoms with van der Waals surface area (Å²) in [6, 6.07) is 15.2. The van der Waals surface area contributed by atoms with Crippen LogP contribution in [0.25, 0.3) is 20.9 Å². The third-order valence-electron chi connectivity index (χ3n) is 20.8. The Labute approximate surface area is 694 Å². The molecule has 12 N–H and O–H groups in total. The maximum absolute atomic E-state index is 14.8. The van der Waals surface area contributed by atoms with Gasteiger partial charge in [-0.25, -0.2) is 31.9 Å². The molecule has 2 saturated carbocycles. The summed E-state index contributed by atoms with van der Waals surface area (Å²) < 4.78 is 78.6. The largest absolute Gasteiger partial charge is 0.391 e. The highest BCUT2D eigenvalue weighted by Gasteiger charge is 2.55. The number of halogens is 6. The Hall–Kier alpha value is -8.45. The molecule has 116 heavy (non-hydrogen) atoms. The molecule has 4 aromatic carbocycles. The average Bonchev–Trinajstić information content (AvgIpc) is 1.40. The number of aliphatic hydroxyl groups excluding tert-OH is 2. The van der Waals surface area contributed by atoms with Crippen molar-refractivity contribution in [2.24, 2.45) is 16.6 Å². The molecule has 4 aliphatic rings. The lowest BCUT2D eigenvalue weighted by Crippen LogP contribution is -2.59. The molecule has 8 atom stereocenters. The molecule has 2 unspecified atom stereocenters. The number of aryl methyl sites for hydroxylation is 2. The monoisotopic (exact) mass is 1760 g/mol. The van der Waals surface area contributed by atoms with Crippen LogP contribution in [-0.2, 0) is 43.1 Å². The number of nitrogens with two attached hydrogens (primary N) is 1. The number of benzene rings is 4. The van der Waals surface area contributed by atoms with Crippen LogP contribution in [0.3, 0.4) is 0 Å². The molecule has 0 radical (unpaired) electrons. The highest BCUT2D eigenvalue weighted by atomic mass is 127. The Bertz CT molecular complexity index is 4420. The predicted molar refractivity (Wildman–Crippen MR) is 441 cm³/mol. The maximum atomic E-state index is 14.8. The van der Waals surface area contributed by atoms with E-state index < -0.39 is 135 Å². The van der Waals surface area contributed by atoms with Gasteiger partial charge in [-0.05, 0) is 177 Å². The first-order chi connectivity index (χ1) is 55.0. The fourth-order valence-corrected chi connectivity index (χ4v) is 15.7. The highest BCUT2D eigenvalue weighted by molar-refractivity contribution is 14.1. The number of hydrogen-bond acceptors (Lipinski definition) is 19. The number of rotatable bonds is 38. The molecular weight excluding hydrogens is 1660 g/mol. The van der Waals surface area contributed by atoms with Gasteiger partial charge in [-0.15, -0.1) is 22.7 Å². The number of hydrogen-bond donors (Lipinski definition) is 11. The van der Waals surface area contributed by atoms with Crippen LogP contribution in [0, 0.1) is 45.7 Å². The molecule has 25 nitrogen and oxygen atoms in total. The van der Waals surface area contributed by atoms with Crippen molar-refractivity contribution in [3.05, 3.63) is 139 Å². The molecular formula is C83H107F5IN13O12S2. The Morgan fingerprint density at radius 3 is 1.47 bits per heavy atom. The summed E-state index contributed by atoms with van der Waals surface area (Å²) in [5.41, 5.74) is 7.71. The zero-order chi connectivity index (χ0) is 84.4. The van der Waals surface area contributed by atoms with E-state index in [1.165, 1.54) is 44.6 Å². The molecule has 6 aromatic rings. The first kappa shape index (κ1) is 91.4. The van der Waals surface area contributed by atoms with Crippen LogP contribution < -0.4 is 48.3 Å². The second-order valence-electron chi connectivity index (χ2n) is 32.3. The lowest BCUT2D eigenvalue weighted by Gasteiger charge is -2.36. The van der Waals surface area contributed by atoms with Gasteiger partial charge in [-0.3, -0.25) is 43.2 Å². The summed E-state index contributed by atoms with van der Waals surface area (Å²) in [5.74, 6) is -8.34. The van der Waals surface area contributed by atoms with Crippen LogP contribution in [0.2, 0.25) is 0 Å². The lowest BCUT2D eigenvalue weighted by molar-refractivity contribution is -0.145. The summed E-state index contributed by atoms with van der Waals surface area (Å²) in [6.07, 6.45) is 3.52. The number of aromatic nitrogens is 2. The van der Waals surface area contributed by atoms with Gasteiger partial charge in [-0.1, -0.05) is 103 Å². The van der Waals surface area contributed by atoms with E-state index in [0.29, 0.717) is 60.3 Å². The summed E-state index contributed by atoms with van der Waals surface area (Å²) >= 11 is 4.94. The molecule has 8 amide bonds. The molecule has 2 aliphatic carbocycles. The van der Waals surface area contributed by atoms with Crippen LogP contribution in [0.1, 0.15) is 183 Å². The topological polar surface area (TPSA) is 358 Å². The van der Waals surface area contributed by atoms with Gasteiger partial charge >= 0.3 is 0 Å². The predicted octanol–water partition coefficient (Wildman–Crippen LogP) is 10.5. The quantitative estimate of drug-likeness (QED) is 0.00742. The van der Waals surface area contributed by atoms with Gasteiger partial charge in [0.05, 0.1) is 80.7 Å². The number of β-amino-alcohol motifs (C(OH)–C–C–N with tert-alkyl or cyclic N) is 2. The number of ketones is 1. The van der Waals surface area contributed by atoms with Gasteiger partial charge in [0.1, 0.15) is 36.6 Å². The second-order valence-corrected chi connectivity index (χ2v) is 35.3. The van der Waals surface area contributed by atoms with Crippen molar-refractivity contribution in [2.75, 3.05) is 64.3 Å². The van der Waals surface area contributed by atoms with E-state index in [0.717, 1.165) is 76.5 Å². The molecule has 33 heteroatoms. The number of alkyl halides is 2. The van der Waals surface area contributed by atoms with Gasteiger partial charge in [0.15, 0.2) is 28.8 Å². The SMILES string of the molecule is Cc1ncsc1-c1ccc([C@H](CC(=O)NCCCCCN)NC(=O)[C@@H]2C[C@@H](O)CN2C(=O)C(NC(=O)C2(F)CC2)C(C)(C)C)cc1.Cc1ncsc1-c1ccc([C@H](CC(=O)NCCCCCNCCCOCC(=O)c2ccc(F)c(F)c2Nc2ccc(I)cc2F)NC(=O)[C@@H]2C[C@@H](O)CN2C(=O)C(NC(=O)C2(F)CC2)C(C)(C)C)cc1. The number of likely N-dealkylation sites (tertiary alicyclic amines) is 2. The molecule has 4 heterocycles. The number of amides is 8. The summed E-state index contributed by atoms with van der Waals surface area (Å²) in [5, 5.41) is 44.0. The number of nitrogens with zero attached hydrogens (tertiary/aromatic N) is 4. The van der Waals surface area contributed by atoms with Crippen LogP contribution in [0.5, 0.6) is 0 Å². The van der Waals surface area contributed by atoms with Crippen molar-refractivity contribution in [1.29, 1.82) is 0 Å². The van der Waals surface area contributed by atoms with E-state index in [1.54, 1.807) is 58.6 Å². The van der Waals surface area contributed by atoms with Crippen LogP contribution >= 0.6 is 45.3 Å². The van der Waals surface area contributed by atoms with E-state index in [9.17, 15) is 75.3 Å².